The third-order valence-electron chi connectivity index (χ3n) is 5.31. The summed E-state index contributed by atoms with van der Waals surface area (Å²) in [6, 6.07) is 0. The molecular weight excluding hydrogens is 525 g/mol. The van der Waals surface area contributed by atoms with Gasteiger partial charge in [-0.15, -0.1) is 24.0 Å². The number of sulfonamides is 1. The zero-order chi connectivity index (χ0) is 20.0. The third kappa shape index (κ3) is 7.17. The van der Waals surface area contributed by atoms with Crippen molar-refractivity contribution in [1.29, 1.82) is 0 Å². The van der Waals surface area contributed by atoms with Crippen molar-refractivity contribution in [2.75, 3.05) is 57.0 Å². The highest BCUT2D eigenvalue weighted by Crippen LogP contribution is 2.25. The second-order valence-electron chi connectivity index (χ2n) is 7.26. The van der Waals surface area contributed by atoms with Crippen LogP contribution in [0.15, 0.2) is 4.99 Å². The van der Waals surface area contributed by atoms with Gasteiger partial charge in [0.25, 0.3) is 0 Å². The summed E-state index contributed by atoms with van der Waals surface area (Å²) < 4.78 is 31.3. The van der Waals surface area contributed by atoms with Crippen LogP contribution in [-0.2, 0) is 16.4 Å². The van der Waals surface area contributed by atoms with Crippen LogP contribution < -0.4 is 14.9 Å². The maximum absolute atomic E-state index is 12.1. The van der Waals surface area contributed by atoms with Gasteiger partial charge in [-0.1, -0.05) is 13.3 Å². The topological polar surface area (TPSA) is 103 Å². The molecule has 1 aromatic rings. The normalized spacial score (nSPS) is 18.3. The van der Waals surface area contributed by atoms with Gasteiger partial charge < -0.3 is 15.1 Å². The van der Waals surface area contributed by atoms with E-state index in [-0.39, 0.29) is 29.7 Å². The summed E-state index contributed by atoms with van der Waals surface area (Å²) in [7, 11) is -1.51. The van der Waals surface area contributed by atoms with E-state index in [9.17, 15) is 8.42 Å². The molecule has 0 radical (unpaired) electrons. The van der Waals surface area contributed by atoms with E-state index in [1.165, 1.54) is 18.0 Å². The van der Waals surface area contributed by atoms with Gasteiger partial charge in [0.15, 0.2) is 5.96 Å². The number of halogens is 1. The summed E-state index contributed by atoms with van der Waals surface area (Å²) in [4.78, 5) is 13.3. The number of guanidine groups is 1. The van der Waals surface area contributed by atoms with Gasteiger partial charge in [0.1, 0.15) is 5.82 Å². The van der Waals surface area contributed by atoms with Crippen LogP contribution in [0.5, 0.6) is 0 Å². The van der Waals surface area contributed by atoms with Crippen molar-refractivity contribution in [2.24, 2.45) is 10.9 Å². The Kier molecular flexibility index (Phi) is 9.82. The molecule has 0 spiro atoms. The third-order valence-corrected chi connectivity index (χ3v) is 7.47. The van der Waals surface area contributed by atoms with E-state index in [1.54, 1.807) is 7.05 Å². The Balaban J connectivity index is 0.00000300. The molecule has 12 heteroatoms. The van der Waals surface area contributed by atoms with Crippen molar-refractivity contribution in [1.82, 2.24) is 24.3 Å². The van der Waals surface area contributed by atoms with Gasteiger partial charge in [-0.05, 0) is 18.8 Å². The first-order valence-electron chi connectivity index (χ1n) is 10.0. The summed E-state index contributed by atoms with van der Waals surface area (Å²) in [5, 5.41) is 4.17. The minimum absolute atomic E-state index is 0. The first-order valence-corrected chi connectivity index (χ1v) is 12.4. The number of nitrogens with zero attached hydrogens (tertiary/aromatic N) is 5. The molecule has 29 heavy (non-hydrogen) atoms. The lowest BCUT2D eigenvalue weighted by Gasteiger charge is -2.36. The average Bonchev–Trinajstić information content (AvgIpc) is 3.13. The maximum atomic E-state index is 12.1. The largest absolute Gasteiger partial charge is 0.355 e. The number of hydrogen-bond donors (Lipinski definition) is 2. The SMILES string of the molecule is CCc1nsc(N2CCN(C(=NC)NCCS(=O)(=O)NCC3CCC3)CC2)n1.I. The second-order valence-corrected chi connectivity index (χ2v) is 9.92. The molecule has 3 rings (SSSR count). The van der Waals surface area contributed by atoms with Crippen molar-refractivity contribution < 1.29 is 8.42 Å². The lowest BCUT2D eigenvalue weighted by atomic mass is 9.86. The van der Waals surface area contributed by atoms with E-state index < -0.39 is 10.0 Å². The number of aliphatic imine (C=N–C) groups is 1. The molecule has 0 amide bonds. The highest BCUT2D eigenvalue weighted by atomic mass is 127. The van der Waals surface area contributed by atoms with E-state index in [2.05, 4.69) is 41.1 Å². The van der Waals surface area contributed by atoms with E-state index in [0.29, 0.717) is 19.0 Å². The smallest absolute Gasteiger partial charge is 0.213 e. The molecule has 166 valence electrons. The highest BCUT2D eigenvalue weighted by Gasteiger charge is 2.23. The van der Waals surface area contributed by atoms with Gasteiger partial charge in [0, 0.05) is 64.3 Å². The lowest BCUT2D eigenvalue weighted by molar-refractivity contribution is 0.316. The molecule has 0 bridgehead atoms. The summed E-state index contributed by atoms with van der Waals surface area (Å²) in [6.45, 7) is 6.30. The summed E-state index contributed by atoms with van der Waals surface area (Å²) in [5.41, 5.74) is 0. The monoisotopic (exact) mass is 557 g/mol. The summed E-state index contributed by atoms with van der Waals surface area (Å²) in [5.74, 6) is 2.23. The molecule has 0 atom stereocenters. The van der Waals surface area contributed by atoms with Gasteiger partial charge in [0.05, 0.1) is 5.75 Å². The summed E-state index contributed by atoms with van der Waals surface area (Å²) in [6.07, 6.45) is 4.34. The number of piperazine rings is 1. The van der Waals surface area contributed by atoms with E-state index in [0.717, 1.165) is 62.4 Å². The number of aryl methyl sites for hydroxylation is 1. The van der Waals surface area contributed by atoms with Gasteiger partial charge in [-0.2, -0.15) is 4.37 Å². The Morgan fingerprint density at radius 3 is 2.55 bits per heavy atom. The van der Waals surface area contributed by atoms with Crippen LogP contribution in [0.1, 0.15) is 32.0 Å². The van der Waals surface area contributed by atoms with Crippen LogP contribution in [0, 0.1) is 5.92 Å². The Hall–Kier alpha value is -0.730. The quantitative estimate of drug-likeness (QED) is 0.281. The first-order chi connectivity index (χ1) is 13.5. The van der Waals surface area contributed by atoms with E-state index in [1.807, 2.05) is 0 Å². The fourth-order valence-electron chi connectivity index (χ4n) is 3.27. The van der Waals surface area contributed by atoms with Crippen molar-refractivity contribution in [3.8, 4) is 0 Å². The molecule has 2 N–H and O–H groups in total. The predicted molar refractivity (Wildman–Crippen MR) is 129 cm³/mol. The molecule has 2 heterocycles. The maximum Gasteiger partial charge on any atom is 0.213 e. The van der Waals surface area contributed by atoms with E-state index in [4.69, 9.17) is 0 Å². The Morgan fingerprint density at radius 2 is 2.00 bits per heavy atom. The van der Waals surface area contributed by atoms with Crippen molar-refractivity contribution >= 4 is 56.6 Å². The van der Waals surface area contributed by atoms with E-state index >= 15 is 0 Å². The standard InChI is InChI=1S/C17H31N7O2S2.HI/c1-3-15-21-17(27-22-15)24-10-8-23(9-11-24)16(18-2)19-7-12-28(25,26)20-13-14-5-4-6-14;/h14,20H,3-13H2,1-2H3,(H,18,19);1H. The molecule has 2 fully saturated rings. The van der Waals surface area contributed by atoms with Crippen LogP contribution in [0.25, 0.3) is 0 Å². The van der Waals surface area contributed by atoms with Crippen LogP contribution in [0.3, 0.4) is 0 Å². The molecule has 2 aliphatic rings. The Labute approximate surface area is 195 Å². The van der Waals surface area contributed by atoms with Crippen molar-refractivity contribution in [3.05, 3.63) is 5.82 Å². The predicted octanol–water partition coefficient (Wildman–Crippen LogP) is 1.14. The van der Waals surface area contributed by atoms with Crippen molar-refractivity contribution in [3.63, 3.8) is 0 Å². The molecule has 9 nitrogen and oxygen atoms in total. The highest BCUT2D eigenvalue weighted by molar-refractivity contribution is 14.0. The van der Waals surface area contributed by atoms with Gasteiger partial charge in [-0.25, -0.2) is 18.1 Å². The average molecular weight is 558 g/mol. The Morgan fingerprint density at radius 1 is 1.28 bits per heavy atom. The van der Waals surface area contributed by atoms with Gasteiger partial charge in [0.2, 0.25) is 15.2 Å². The molecule has 1 aliphatic heterocycles. The fourth-order valence-corrected chi connectivity index (χ4v) is 5.08. The van der Waals surface area contributed by atoms with Crippen LogP contribution >= 0.6 is 35.5 Å². The number of anilines is 1. The minimum atomic E-state index is -3.24. The van der Waals surface area contributed by atoms with Crippen LogP contribution in [0.4, 0.5) is 5.13 Å². The molecule has 1 saturated heterocycles. The molecule has 0 aromatic carbocycles. The zero-order valence-electron chi connectivity index (χ0n) is 17.1. The minimum Gasteiger partial charge on any atom is -0.355 e. The van der Waals surface area contributed by atoms with Crippen LogP contribution in [0.2, 0.25) is 0 Å². The zero-order valence-corrected chi connectivity index (χ0v) is 21.1. The van der Waals surface area contributed by atoms with Gasteiger partial charge >= 0.3 is 0 Å². The van der Waals surface area contributed by atoms with Crippen LogP contribution in [-0.4, -0.2) is 80.7 Å². The molecule has 1 saturated carbocycles. The first kappa shape index (κ1) is 24.5. The second kappa shape index (κ2) is 11.6. The molecular formula is C17H32IN7O2S2. The number of rotatable bonds is 8. The molecule has 1 aromatic heterocycles. The molecule has 1 aliphatic carbocycles. The lowest BCUT2D eigenvalue weighted by Crippen LogP contribution is -2.53. The Bertz CT molecular complexity index is 760. The van der Waals surface area contributed by atoms with Gasteiger partial charge in [-0.3, -0.25) is 4.99 Å². The summed E-state index contributed by atoms with van der Waals surface area (Å²) >= 11 is 1.45. The number of aromatic nitrogens is 2. The molecule has 0 unspecified atom stereocenters. The number of nitrogens with one attached hydrogen (secondary N) is 2. The number of hydrogen-bond acceptors (Lipinski definition) is 7. The fraction of sp³-hybridized carbons (Fsp3) is 0.824. The van der Waals surface area contributed by atoms with Crippen molar-refractivity contribution in [2.45, 2.75) is 32.6 Å².